The van der Waals surface area contributed by atoms with Crippen molar-refractivity contribution in [2.75, 3.05) is 26.2 Å². The number of aromatic amines is 1. The van der Waals surface area contributed by atoms with Gasteiger partial charge in [0.2, 0.25) is 0 Å². The van der Waals surface area contributed by atoms with Crippen LogP contribution in [0, 0.1) is 11.3 Å². The maximum atomic E-state index is 9.40. The molecule has 0 radical (unpaired) electrons. The second kappa shape index (κ2) is 7.09. The molecule has 20 heavy (non-hydrogen) atoms. The van der Waals surface area contributed by atoms with E-state index < -0.39 is 0 Å². The summed E-state index contributed by atoms with van der Waals surface area (Å²) < 4.78 is 0. The van der Waals surface area contributed by atoms with E-state index in [0.29, 0.717) is 0 Å². The molecule has 1 atom stereocenters. The Bertz CT molecular complexity index is 577. The van der Waals surface area contributed by atoms with E-state index in [1.54, 1.807) is 0 Å². The topological polar surface area (TPSA) is 54.9 Å². The summed E-state index contributed by atoms with van der Waals surface area (Å²) in [6, 6.07) is 10.2. The Balaban J connectivity index is 2.04. The third-order valence-corrected chi connectivity index (χ3v) is 3.73. The normalized spacial score (nSPS) is 12.7. The quantitative estimate of drug-likeness (QED) is 0.813. The van der Waals surface area contributed by atoms with Crippen molar-refractivity contribution in [3.8, 4) is 6.07 Å². The van der Waals surface area contributed by atoms with Crippen molar-refractivity contribution in [1.82, 2.24) is 15.2 Å². The number of para-hydroxylation sites is 1. The van der Waals surface area contributed by atoms with Crippen LogP contribution in [0.25, 0.3) is 10.9 Å². The summed E-state index contributed by atoms with van der Waals surface area (Å²) >= 11 is 0. The smallest absolute Gasteiger partial charge is 0.123 e. The molecule has 4 nitrogen and oxygen atoms in total. The Morgan fingerprint density at radius 3 is 2.75 bits per heavy atom. The molecule has 2 aromatic rings. The molecule has 0 aliphatic heterocycles. The number of nitrogens with zero attached hydrogens (tertiary/aromatic N) is 2. The van der Waals surface area contributed by atoms with Crippen molar-refractivity contribution >= 4 is 10.9 Å². The van der Waals surface area contributed by atoms with E-state index in [-0.39, 0.29) is 6.04 Å². The largest absolute Gasteiger partial charge is 0.361 e. The van der Waals surface area contributed by atoms with E-state index in [9.17, 15) is 5.26 Å². The fourth-order valence-electron chi connectivity index (χ4n) is 2.46. The second-order valence-corrected chi connectivity index (χ2v) is 4.83. The van der Waals surface area contributed by atoms with Crippen molar-refractivity contribution in [1.29, 1.82) is 5.26 Å². The van der Waals surface area contributed by atoms with E-state index >= 15 is 0 Å². The molecule has 106 valence electrons. The number of likely N-dealkylation sites (N-methyl/N-ethyl adjacent to an activating group) is 1. The number of hydrogen-bond donors (Lipinski definition) is 2. The van der Waals surface area contributed by atoms with Gasteiger partial charge in [0, 0.05) is 35.8 Å². The molecule has 0 saturated carbocycles. The second-order valence-electron chi connectivity index (χ2n) is 4.83. The standard InChI is InChI=1S/C16H22N4/c1-3-20(4-2)10-9-18-16(11-17)14-12-19-15-8-6-5-7-13(14)15/h5-8,12,16,18-19H,3-4,9-10H2,1-2H3. The predicted octanol–water partition coefficient (Wildman–Crippen LogP) is 2.66. The van der Waals surface area contributed by atoms with E-state index in [2.05, 4.69) is 41.2 Å². The van der Waals surface area contributed by atoms with E-state index in [1.165, 1.54) is 0 Å². The minimum atomic E-state index is -0.262. The Hall–Kier alpha value is -1.83. The van der Waals surface area contributed by atoms with Crippen LogP contribution in [0.5, 0.6) is 0 Å². The lowest BCUT2D eigenvalue weighted by Crippen LogP contribution is -2.33. The van der Waals surface area contributed by atoms with Crippen LogP contribution in [0.4, 0.5) is 0 Å². The maximum absolute atomic E-state index is 9.40. The Kier molecular flexibility index (Phi) is 5.16. The zero-order valence-electron chi connectivity index (χ0n) is 12.2. The van der Waals surface area contributed by atoms with E-state index in [4.69, 9.17) is 0 Å². The highest BCUT2D eigenvalue weighted by Gasteiger charge is 2.14. The van der Waals surface area contributed by atoms with Crippen molar-refractivity contribution in [3.05, 3.63) is 36.0 Å². The van der Waals surface area contributed by atoms with Crippen LogP contribution in [-0.4, -0.2) is 36.1 Å². The summed E-state index contributed by atoms with van der Waals surface area (Å²) in [4.78, 5) is 5.57. The SMILES string of the molecule is CCN(CC)CCNC(C#N)c1c[nH]c2ccccc12. The zero-order chi connectivity index (χ0) is 14.4. The highest BCUT2D eigenvalue weighted by atomic mass is 15.1. The predicted molar refractivity (Wildman–Crippen MR) is 82.4 cm³/mol. The molecule has 1 aromatic carbocycles. The van der Waals surface area contributed by atoms with Gasteiger partial charge in [-0.05, 0) is 19.2 Å². The molecular formula is C16H22N4. The van der Waals surface area contributed by atoms with Crippen molar-refractivity contribution in [2.45, 2.75) is 19.9 Å². The summed E-state index contributed by atoms with van der Waals surface area (Å²) in [5.74, 6) is 0. The molecule has 0 spiro atoms. The van der Waals surface area contributed by atoms with Gasteiger partial charge in [0.15, 0.2) is 0 Å². The van der Waals surface area contributed by atoms with Crippen LogP contribution < -0.4 is 5.32 Å². The third kappa shape index (κ3) is 3.19. The third-order valence-electron chi connectivity index (χ3n) is 3.73. The van der Waals surface area contributed by atoms with Crippen LogP contribution in [-0.2, 0) is 0 Å². The first-order valence-corrected chi connectivity index (χ1v) is 7.21. The van der Waals surface area contributed by atoms with Gasteiger partial charge in [0.1, 0.15) is 6.04 Å². The summed E-state index contributed by atoms with van der Waals surface area (Å²) in [7, 11) is 0. The number of benzene rings is 1. The lowest BCUT2D eigenvalue weighted by atomic mass is 10.1. The van der Waals surface area contributed by atoms with E-state index in [0.717, 1.165) is 42.6 Å². The summed E-state index contributed by atoms with van der Waals surface area (Å²) in [5.41, 5.74) is 2.11. The number of fused-ring (bicyclic) bond motifs is 1. The molecule has 1 unspecified atom stereocenters. The van der Waals surface area contributed by atoms with Crippen molar-refractivity contribution < 1.29 is 0 Å². The molecule has 1 aromatic heterocycles. The van der Waals surface area contributed by atoms with Gasteiger partial charge >= 0.3 is 0 Å². The van der Waals surface area contributed by atoms with Crippen LogP contribution in [0.15, 0.2) is 30.5 Å². The number of nitriles is 1. The van der Waals surface area contributed by atoms with Gasteiger partial charge in [-0.2, -0.15) is 5.26 Å². The molecule has 2 rings (SSSR count). The van der Waals surface area contributed by atoms with Crippen molar-refractivity contribution in [3.63, 3.8) is 0 Å². The molecule has 0 bridgehead atoms. The van der Waals surface area contributed by atoms with Gasteiger partial charge in [0.25, 0.3) is 0 Å². The van der Waals surface area contributed by atoms with Crippen LogP contribution in [0.2, 0.25) is 0 Å². The molecule has 0 saturated heterocycles. The number of aromatic nitrogens is 1. The number of rotatable bonds is 7. The minimum Gasteiger partial charge on any atom is -0.361 e. The first-order valence-electron chi connectivity index (χ1n) is 7.21. The molecule has 0 aliphatic rings. The van der Waals surface area contributed by atoms with Crippen LogP contribution in [0.1, 0.15) is 25.5 Å². The van der Waals surface area contributed by atoms with Gasteiger partial charge in [0.05, 0.1) is 6.07 Å². The molecule has 4 heteroatoms. The van der Waals surface area contributed by atoms with Gasteiger partial charge < -0.3 is 9.88 Å². The first kappa shape index (κ1) is 14.6. The van der Waals surface area contributed by atoms with Gasteiger partial charge in [-0.3, -0.25) is 5.32 Å². The number of hydrogen-bond acceptors (Lipinski definition) is 3. The Morgan fingerprint density at radius 2 is 2.05 bits per heavy atom. The molecule has 0 amide bonds. The summed E-state index contributed by atoms with van der Waals surface area (Å²) in [5, 5.41) is 13.9. The highest BCUT2D eigenvalue weighted by molar-refractivity contribution is 5.83. The monoisotopic (exact) mass is 270 g/mol. The average Bonchev–Trinajstić information content (AvgIpc) is 2.92. The average molecular weight is 270 g/mol. The molecule has 2 N–H and O–H groups in total. The molecule has 0 aliphatic carbocycles. The van der Waals surface area contributed by atoms with Gasteiger partial charge in [-0.15, -0.1) is 0 Å². The minimum absolute atomic E-state index is 0.262. The summed E-state index contributed by atoms with van der Waals surface area (Å²) in [6.07, 6.45) is 1.93. The van der Waals surface area contributed by atoms with Crippen LogP contribution in [0.3, 0.4) is 0 Å². The fourth-order valence-corrected chi connectivity index (χ4v) is 2.46. The van der Waals surface area contributed by atoms with Gasteiger partial charge in [-0.25, -0.2) is 0 Å². The first-order chi connectivity index (χ1) is 9.80. The molecular weight excluding hydrogens is 248 g/mol. The van der Waals surface area contributed by atoms with Crippen LogP contribution >= 0.6 is 0 Å². The highest BCUT2D eigenvalue weighted by Crippen LogP contribution is 2.23. The molecule has 0 fully saturated rings. The van der Waals surface area contributed by atoms with Gasteiger partial charge in [-0.1, -0.05) is 32.0 Å². The van der Waals surface area contributed by atoms with Crippen molar-refractivity contribution in [2.24, 2.45) is 0 Å². The Labute approximate surface area is 120 Å². The lowest BCUT2D eigenvalue weighted by molar-refractivity contribution is 0.300. The zero-order valence-corrected chi connectivity index (χ0v) is 12.2. The number of nitrogens with one attached hydrogen (secondary N) is 2. The fraction of sp³-hybridized carbons (Fsp3) is 0.438. The summed E-state index contributed by atoms with van der Waals surface area (Å²) in [6.45, 7) is 8.19. The maximum Gasteiger partial charge on any atom is 0.123 e. The molecule has 1 heterocycles. The Morgan fingerprint density at radius 1 is 1.30 bits per heavy atom. The van der Waals surface area contributed by atoms with E-state index in [1.807, 2.05) is 24.4 Å². The lowest BCUT2D eigenvalue weighted by Gasteiger charge is -2.19. The number of H-pyrrole nitrogens is 1.